The zero-order valence-corrected chi connectivity index (χ0v) is 7.01. The SMILES string of the molecule is O=[N+]([O-])c1cnc(OCCO)c(F)c1. The molecule has 0 amide bonds. The van der Waals surface area contributed by atoms with Crippen LogP contribution in [0, 0.1) is 15.9 Å². The monoisotopic (exact) mass is 202 g/mol. The van der Waals surface area contributed by atoms with Gasteiger partial charge in [-0.25, -0.2) is 9.37 Å². The molecule has 0 atom stereocenters. The van der Waals surface area contributed by atoms with E-state index in [0.29, 0.717) is 6.07 Å². The van der Waals surface area contributed by atoms with Gasteiger partial charge in [-0.2, -0.15) is 0 Å². The van der Waals surface area contributed by atoms with E-state index in [-0.39, 0.29) is 19.1 Å². The van der Waals surface area contributed by atoms with E-state index in [1.165, 1.54) is 0 Å². The maximum absolute atomic E-state index is 13.0. The lowest BCUT2D eigenvalue weighted by Gasteiger charge is -2.02. The molecule has 1 heterocycles. The minimum atomic E-state index is -0.923. The van der Waals surface area contributed by atoms with Gasteiger partial charge in [-0.05, 0) is 0 Å². The van der Waals surface area contributed by atoms with E-state index in [0.717, 1.165) is 6.20 Å². The third kappa shape index (κ3) is 2.36. The van der Waals surface area contributed by atoms with Gasteiger partial charge < -0.3 is 9.84 Å². The van der Waals surface area contributed by atoms with Crippen LogP contribution in [0.1, 0.15) is 0 Å². The van der Waals surface area contributed by atoms with Crippen molar-refractivity contribution < 1.29 is 19.2 Å². The summed E-state index contributed by atoms with van der Waals surface area (Å²) in [5.41, 5.74) is -0.446. The summed E-state index contributed by atoms with van der Waals surface area (Å²) >= 11 is 0. The van der Waals surface area contributed by atoms with Crippen LogP contribution >= 0.6 is 0 Å². The van der Waals surface area contributed by atoms with Crippen molar-refractivity contribution in [2.45, 2.75) is 0 Å². The Morgan fingerprint density at radius 3 is 2.93 bits per heavy atom. The number of nitrogens with zero attached hydrogens (tertiary/aromatic N) is 2. The summed E-state index contributed by atoms with van der Waals surface area (Å²) in [4.78, 5) is 12.8. The summed E-state index contributed by atoms with van der Waals surface area (Å²) in [6, 6.07) is 0.708. The number of aromatic nitrogens is 1. The molecule has 6 nitrogen and oxygen atoms in total. The van der Waals surface area contributed by atoms with Gasteiger partial charge in [0, 0.05) is 0 Å². The third-order valence-corrected chi connectivity index (χ3v) is 1.33. The first-order valence-electron chi connectivity index (χ1n) is 3.68. The van der Waals surface area contributed by atoms with Crippen LogP contribution in [0.25, 0.3) is 0 Å². The number of rotatable bonds is 4. The first-order valence-corrected chi connectivity index (χ1v) is 3.68. The number of hydrogen-bond donors (Lipinski definition) is 1. The van der Waals surface area contributed by atoms with E-state index >= 15 is 0 Å². The first kappa shape index (κ1) is 10.3. The first-order chi connectivity index (χ1) is 6.65. The van der Waals surface area contributed by atoms with Gasteiger partial charge in [-0.3, -0.25) is 10.1 Å². The average Bonchev–Trinajstić information content (AvgIpc) is 2.15. The van der Waals surface area contributed by atoms with Crippen molar-refractivity contribution in [3.8, 4) is 5.88 Å². The second kappa shape index (κ2) is 4.47. The molecular weight excluding hydrogens is 195 g/mol. The molecule has 1 aromatic heterocycles. The van der Waals surface area contributed by atoms with Crippen LogP contribution in [0.5, 0.6) is 5.88 Å². The van der Waals surface area contributed by atoms with Gasteiger partial charge in [0.25, 0.3) is 11.6 Å². The van der Waals surface area contributed by atoms with Crippen molar-refractivity contribution in [2.24, 2.45) is 0 Å². The fourth-order valence-electron chi connectivity index (χ4n) is 0.764. The highest BCUT2D eigenvalue weighted by Gasteiger charge is 2.12. The highest BCUT2D eigenvalue weighted by atomic mass is 19.1. The normalized spacial score (nSPS) is 9.86. The molecule has 0 bridgehead atoms. The predicted octanol–water partition coefficient (Wildman–Crippen LogP) is 0.500. The summed E-state index contributed by atoms with van der Waals surface area (Å²) < 4.78 is 17.6. The van der Waals surface area contributed by atoms with E-state index in [1.807, 2.05) is 0 Å². The molecule has 0 saturated carbocycles. The summed E-state index contributed by atoms with van der Waals surface area (Å²) in [6.45, 7) is -0.389. The topological polar surface area (TPSA) is 85.5 Å². The molecule has 0 aromatic carbocycles. The molecule has 0 aliphatic carbocycles. The van der Waals surface area contributed by atoms with Crippen LogP contribution in [-0.2, 0) is 0 Å². The van der Waals surface area contributed by atoms with Crippen molar-refractivity contribution in [3.05, 3.63) is 28.2 Å². The number of aliphatic hydroxyl groups excluding tert-OH is 1. The Morgan fingerprint density at radius 1 is 1.71 bits per heavy atom. The van der Waals surface area contributed by atoms with Crippen LogP contribution in [0.3, 0.4) is 0 Å². The fraction of sp³-hybridized carbons (Fsp3) is 0.286. The summed E-state index contributed by atoms with van der Waals surface area (Å²) in [7, 11) is 0. The molecule has 0 saturated heterocycles. The van der Waals surface area contributed by atoms with Gasteiger partial charge in [-0.1, -0.05) is 0 Å². The van der Waals surface area contributed by atoms with E-state index in [4.69, 9.17) is 5.11 Å². The van der Waals surface area contributed by atoms with E-state index < -0.39 is 16.4 Å². The fourth-order valence-corrected chi connectivity index (χ4v) is 0.764. The number of hydrogen-bond acceptors (Lipinski definition) is 5. The van der Waals surface area contributed by atoms with Gasteiger partial charge >= 0.3 is 0 Å². The molecule has 1 N–H and O–H groups in total. The minimum Gasteiger partial charge on any atom is -0.473 e. The molecule has 0 aliphatic heterocycles. The number of halogens is 1. The molecule has 1 aromatic rings. The lowest BCUT2D eigenvalue weighted by molar-refractivity contribution is -0.385. The molecule has 0 unspecified atom stereocenters. The van der Waals surface area contributed by atoms with Crippen LogP contribution in [0.15, 0.2) is 12.3 Å². The van der Waals surface area contributed by atoms with Gasteiger partial charge in [0.15, 0.2) is 5.82 Å². The standard InChI is InChI=1S/C7H7FN2O4/c8-6-3-5(10(12)13)4-9-7(6)14-2-1-11/h3-4,11H,1-2H2. The molecule has 0 spiro atoms. The Hall–Kier alpha value is -1.76. The number of nitro groups is 1. The van der Waals surface area contributed by atoms with Crippen LogP contribution < -0.4 is 4.74 Å². The second-order valence-electron chi connectivity index (χ2n) is 2.31. The van der Waals surface area contributed by atoms with Gasteiger partial charge in [0.2, 0.25) is 0 Å². The predicted molar refractivity (Wildman–Crippen MR) is 43.4 cm³/mol. The number of ether oxygens (including phenoxy) is 1. The van der Waals surface area contributed by atoms with Crippen molar-refractivity contribution in [2.75, 3.05) is 13.2 Å². The average molecular weight is 202 g/mol. The molecule has 0 aliphatic rings. The quantitative estimate of drug-likeness (QED) is 0.567. The summed E-state index contributed by atoms with van der Waals surface area (Å²) in [5, 5.41) is 18.6. The van der Waals surface area contributed by atoms with E-state index in [9.17, 15) is 14.5 Å². The van der Waals surface area contributed by atoms with Crippen LogP contribution in [0.4, 0.5) is 10.1 Å². The third-order valence-electron chi connectivity index (χ3n) is 1.33. The lowest BCUT2D eigenvalue weighted by atomic mass is 10.4. The summed E-state index contributed by atoms with van der Waals surface area (Å²) in [5.74, 6) is -1.28. The number of aliphatic hydroxyl groups is 1. The Labute approximate surface area is 78.1 Å². The van der Waals surface area contributed by atoms with Gasteiger partial charge in [0.05, 0.1) is 17.6 Å². The maximum atomic E-state index is 13.0. The molecular formula is C7H7FN2O4. The maximum Gasteiger partial charge on any atom is 0.290 e. The highest BCUT2D eigenvalue weighted by molar-refractivity contribution is 5.30. The minimum absolute atomic E-state index is 0.109. The van der Waals surface area contributed by atoms with E-state index in [1.54, 1.807) is 0 Å². The van der Waals surface area contributed by atoms with Crippen molar-refractivity contribution in [1.82, 2.24) is 4.98 Å². The second-order valence-corrected chi connectivity index (χ2v) is 2.31. The van der Waals surface area contributed by atoms with Gasteiger partial charge in [0.1, 0.15) is 12.8 Å². The Bertz CT molecular complexity index is 344. The zero-order valence-electron chi connectivity index (χ0n) is 7.01. The van der Waals surface area contributed by atoms with Crippen molar-refractivity contribution in [3.63, 3.8) is 0 Å². The largest absolute Gasteiger partial charge is 0.473 e. The van der Waals surface area contributed by atoms with Crippen molar-refractivity contribution >= 4 is 5.69 Å². The molecule has 76 valence electrons. The zero-order chi connectivity index (χ0) is 10.6. The summed E-state index contributed by atoms with van der Waals surface area (Å²) in [6.07, 6.45) is 0.885. The molecule has 7 heteroatoms. The van der Waals surface area contributed by atoms with Crippen LogP contribution in [-0.4, -0.2) is 28.2 Å². The Morgan fingerprint density at radius 2 is 2.43 bits per heavy atom. The van der Waals surface area contributed by atoms with Crippen molar-refractivity contribution in [1.29, 1.82) is 0 Å². The Kier molecular flexibility index (Phi) is 3.29. The molecule has 1 rings (SSSR count). The Balaban J connectivity index is 2.84. The van der Waals surface area contributed by atoms with E-state index in [2.05, 4.69) is 9.72 Å². The smallest absolute Gasteiger partial charge is 0.290 e. The molecule has 0 fully saturated rings. The molecule has 14 heavy (non-hydrogen) atoms. The molecule has 0 radical (unpaired) electrons. The van der Waals surface area contributed by atoms with Gasteiger partial charge in [-0.15, -0.1) is 0 Å². The highest BCUT2D eigenvalue weighted by Crippen LogP contribution is 2.18. The van der Waals surface area contributed by atoms with Crippen LogP contribution in [0.2, 0.25) is 0 Å². The lowest BCUT2D eigenvalue weighted by Crippen LogP contribution is -2.05. The number of pyridine rings is 1.